The Labute approximate surface area is 356 Å². The zero-order valence-electron chi connectivity index (χ0n) is 33.1. The maximum absolute atomic E-state index is 15.4. The van der Waals surface area contributed by atoms with E-state index in [2.05, 4.69) is 30.6 Å². The smallest absolute Gasteiger partial charge is 0.265 e. The molecule has 5 heterocycles. The van der Waals surface area contributed by atoms with E-state index in [1.165, 1.54) is 31.5 Å². The topological polar surface area (TPSA) is 204 Å². The molecule has 2 fully saturated rings. The Bertz CT molecular complexity index is 2310. The van der Waals surface area contributed by atoms with Crippen LogP contribution in [-0.2, 0) is 19.6 Å². The summed E-state index contributed by atoms with van der Waals surface area (Å²) in [6.45, 7) is 1.07. The Morgan fingerprint density at radius 3 is 1.98 bits per heavy atom. The number of halogens is 2. The molecule has 0 aliphatic carbocycles. The fourth-order valence-corrected chi connectivity index (χ4v) is 7.87. The van der Waals surface area contributed by atoms with Crippen molar-refractivity contribution in [2.45, 2.75) is 57.4 Å². The summed E-state index contributed by atoms with van der Waals surface area (Å²) in [5.74, 6) is 0.897. The Balaban J connectivity index is 1.35. The third-order valence-electron chi connectivity index (χ3n) is 10.5. The zero-order chi connectivity index (χ0) is 42.2. The van der Waals surface area contributed by atoms with Crippen LogP contribution in [0.1, 0.15) is 63.4 Å². The van der Waals surface area contributed by atoms with Crippen molar-refractivity contribution in [1.82, 2.24) is 35.2 Å². The summed E-state index contributed by atoms with van der Waals surface area (Å²) >= 11 is 13.1. The number of amides is 2. The van der Waals surface area contributed by atoms with Gasteiger partial charge in [0.25, 0.3) is 11.8 Å². The summed E-state index contributed by atoms with van der Waals surface area (Å²) in [5, 5.41) is 27.3. The minimum Gasteiger partial charge on any atom is -0.495 e. The lowest BCUT2D eigenvalue weighted by Crippen LogP contribution is -2.38. The van der Waals surface area contributed by atoms with Crippen LogP contribution in [0.4, 0.5) is 23.5 Å². The van der Waals surface area contributed by atoms with Gasteiger partial charge in [-0.3, -0.25) is 14.5 Å². The van der Waals surface area contributed by atoms with Gasteiger partial charge in [-0.1, -0.05) is 35.3 Å². The van der Waals surface area contributed by atoms with Crippen LogP contribution in [0, 0.1) is 0 Å². The van der Waals surface area contributed by atoms with E-state index in [0.29, 0.717) is 58.4 Å². The normalized spacial score (nSPS) is 16.2. The molecule has 2 aliphatic rings. The highest BCUT2D eigenvalue weighted by molar-refractivity contribution is 6.32. The van der Waals surface area contributed by atoms with Crippen molar-refractivity contribution in [3.05, 3.63) is 105 Å². The average Bonchev–Trinajstić information content (AvgIpc) is 3.97. The summed E-state index contributed by atoms with van der Waals surface area (Å²) in [4.78, 5) is 62.1. The molecule has 0 radical (unpaired) electrons. The molecule has 3 aromatic heterocycles. The fraction of sp³-hybridized carbons (Fsp3) is 0.366. The average molecular weight is 859 g/mol. The van der Waals surface area contributed by atoms with Crippen molar-refractivity contribution in [1.29, 1.82) is 0 Å². The van der Waals surface area contributed by atoms with E-state index in [4.69, 9.17) is 42.6 Å². The van der Waals surface area contributed by atoms with Gasteiger partial charge in [-0.25, -0.2) is 19.9 Å². The first-order chi connectivity index (χ1) is 29.2. The van der Waals surface area contributed by atoms with E-state index in [9.17, 15) is 15.0 Å². The van der Waals surface area contributed by atoms with Gasteiger partial charge in [-0.05, 0) is 67.1 Å². The lowest BCUT2D eigenvalue weighted by atomic mass is 10.1. The van der Waals surface area contributed by atoms with Crippen molar-refractivity contribution in [2.75, 3.05) is 60.5 Å². The number of aliphatic hydroxyl groups is 2. The SMILES string of the molecule is COc1ccc(CNc2nc(N3CCC[C@H]3CO)ncc2C(=O)N(Cc2ccc(OC)c(Cl)c2)c2nc(N3CCC[C@H]3CO)ncc2C(=O)NCc2ncccn2)cc1Cl. The van der Waals surface area contributed by atoms with E-state index in [1.54, 1.807) is 48.8 Å². The van der Waals surface area contributed by atoms with Crippen LogP contribution in [0.2, 0.25) is 10.0 Å². The highest BCUT2D eigenvalue weighted by atomic mass is 35.5. The van der Waals surface area contributed by atoms with Crippen LogP contribution >= 0.6 is 23.2 Å². The number of ether oxygens (including phenoxy) is 2. The van der Waals surface area contributed by atoms with Gasteiger partial charge in [0.05, 0.1) is 62.7 Å². The third-order valence-corrected chi connectivity index (χ3v) is 11.0. The van der Waals surface area contributed by atoms with Crippen molar-refractivity contribution in [3.8, 4) is 11.5 Å². The van der Waals surface area contributed by atoms with Gasteiger partial charge in [-0.15, -0.1) is 0 Å². The summed E-state index contributed by atoms with van der Waals surface area (Å²) in [6.07, 6.45) is 9.07. The minimum atomic E-state index is -0.603. The van der Waals surface area contributed by atoms with E-state index in [-0.39, 0.29) is 73.6 Å². The molecule has 2 aromatic carbocycles. The Morgan fingerprint density at radius 2 is 1.38 bits per heavy atom. The van der Waals surface area contributed by atoms with Crippen LogP contribution in [0.25, 0.3) is 0 Å². The predicted octanol–water partition coefficient (Wildman–Crippen LogP) is 4.69. The Kier molecular flexibility index (Phi) is 13.7. The molecule has 7 rings (SSSR count). The first-order valence-corrected chi connectivity index (χ1v) is 20.2. The second-order valence-electron chi connectivity index (χ2n) is 14.2. The molecule has 4 N–H and O–H groups in total. The monoisotopic (exact) mass is 857 g/mol. The highest BCUT2D eigenvalue weighted by Gasteiger charge is 2.33. The van der Waals surface area contributed by atoms with Gasteiger partial charge in [0.2, 0.25) is 11.9 Å². The van der Waals surface area contributed by atoms with E-state index < -0.39 is 11.8 Å². The summed E-state index contributed by atoms with van der Waals surface area (Å²) in [7, 11) is 3.04. The van der Waals surface area contributed by atoms with E-state index >= 15 is 4.79 Å². The van der Waals surface area contributed by atoms with E-state index in [0.717, 1.165) is 24.8 Å². The number of nitrogens with zero attached hydrogens (tertiary/aromatic N) is 9. The number of nitrogens with one attached hydrogen (secondary N) is 2. The van der Waals surface area contributed by atoms with Crippen molar-refractivity contribution < 1.29 is 29.3 Å². The molecule has 2 atom stereocenters. The summed E-state index contributed by atoms with van der Waals surface area (Å²) in [6, 6.07) is 11.7. The fourth-order valence-electron chi connectivity index (χ4n) is 7.31. The van der Waals surface area contributed by atoms with Gasteiger partial charge < -0.3 is 40.1 Å². The largest absolute Gasteiger partial charge is 0.495 e. The van der Waals surface area contributed by atoms with Crippen LogP contribution in [0.3, 0.4) is 0 Å². The van der Waals surface area contributed by atoms with Crippen LogP contribution < -0.4 is 34.8 Å². The number of carbonyl (C=O) groups excluding carboxylic acids is 2. The molecule has 17 nitrogen and oxygen atoms in total. The molecule has 19 heteroatoms. The molecule has 5 aromatic rings. The maximum atomic E-state index is 15.4. The molecular formula is C41H45Cl2N11O6. The van der Waals surface area contributed by atoms with Gasteiger partial charge in [0, 0.05) is 44.4 Å². The van der Waals surface area contributed by atoms with Gasteiger partial charge in [0.1, 0.15) is 34.3 Å². The Hall–Kier alpha value is -5.88. The summed E-state index contributed by atoms with van der Waals surface area (Å²) < 4.78 is 10.7. The molecule has 2 aliphatic heterocycles. The van der Waals surface area contributed by atoms with Crippen LogP contribution in [0.15, 0.2) is 67.3 Å². The highest BCUT2D eigenvalue weighted by Crippen LogP contribution is 2.33. The number of anilines is 4. The maximum Gasteiger partial charge on any atom is 0.265 e. The quantitative estimate of drug-likeness (QED) is 0.106. The number of hydrogen-bond acceptors (Lipinski definition) is 15. The molecule has 0 bridgehead atoms. The number of hydrogen-bond donors (Lipinski definition) is 4. The lowest BCUT2D eigenvalue weighted by Gasteiger charge is -2.28. The molecule has 60 heavy (non-hydrogen) atoms. The number of benzene rings is 2. The second-order valence-corrected chi connectivity index (χ2v) is 15.0. The predicted molar refractivity (Wildman–Crippen MR) is 226 cm³/mol. The molecule has 2 amide bonds. The number of methoxy groups -OCH3 is 2. The van der Waals surface area contributed by atoms with Gasteiger partial charge in [-0.2, -0.15) is 9.97 Å². The van der Waals surface area contributed by atoms with Crippen molar-refractivity contribution >= 4 is 58.5 Å². The molecule has 0 unspecified atom stereocenters. The third kappa shape index (κ3) is 9.44. The second kappa shape index (κ2) is 19.5. The van der Waals surface area contributed by atoms with Crippen LogP contribution in [-0.4, -0.2) is 105 Å². The van der Waals surface area contributed by atoms with Crippen molar-refractivity contribution in [3.63, 3.8) is 0 Å². The molecule has 0 spiro atoms. The van der Waals surface area contributed by atoms with Crippen LogP contribution in [0.5, 0.6) is 11.5 Å². The molecular weight excluding hydrogens is 813 g/mol. The lowest BCUT2D eigenvalue weighted by molar-refractivity contribution is 0.0949. The summed E-state index contributed by atoms with van der Waals surface area (Å²) in [5.41, 5.74) is 1.43. The first-order valence-electron chi connectivity index (χ1n) is 19.4. The number of carbonyl (C=O) groups is 2. The minimum absolute atomic E-state index is 0.00824. The number of aliphatic hydroxyl groups excluding tert-OH is 2. The van der Waals surface area contributed by atoms with Gasteiger partial charge in [0.15, 0.2) is 5.82 Å². The molecule has 2 saturated heterocycles. The standard InChI is InChI=1S/C41H45Cl2N11O6/c1-59-33-10-8-25(16-31(33)42)18-46-36-29(19-48-40(50-36)52-14-3-6-27(52)23-55)39(58)54(22-26-9-11-34(60-2)32(43)17-26)37-30(38(57)47-21-35-44-12-5-13-45-35)20-49-41(51-37)53-15-4-7-28(53)24-56/h5,8-13,16-17,19-20,27-28,55-56H,3-4,6-7,14-15,18,21-24H2,1-2H3,(H,47,57)(H,46,48,50)/t27-,28-/m0/s1. The number of aromatic nitrogens is 6. The molecule has 314 valence electrons. The van der Waals surface area contributed by atoms with E-state index in [1.807, 2.05) is 15.9 Å². The Morgan fingerprint density at radius 1 is 0.800 bits per heavy atom. The number of rotatable bonds is 16. The first kappa shape index (κ1) is 42.3. The van der Waals surface area contributed by atoms with Crippen molar-refractivity contribution in [2.24, 2.45) is 0 Å². The van der Waals surface area contributed by atoms with Gasteiger partial charge >= 0.3 is 0 Å². The molecule has 0 saturated carbocycles. The zero-order valence-corrected chi connectivity index (χ0v) is 34.6.